The molecule has 1 heterocycles. The highest BCUT2D eigenvalue weighted by molar-refractivity contribution is 6.43. The maximum Gasteiger partial charge on any atom is 0.475 e. The number of methoxy groups -OCH3 is 1. The number of aryl methyl sites for hydroxylation is 1. The van der Waals surface area contributed by atoms with Crippen molar-refractivity contribution in [3.63, 3.8) is 0 Å². The zero-order chi connectivity index (χ0) is 21.1. The van der Waals surface area contributed by atoms with E-state index in [1.54, 1.807) is 0 Å². The van der Waals surface area contributed by atoms with Crippen molar-refractivity contribution in [3.8, 4) is 0 Å². The Balaban J connectivity index is 1.92. The lowest BCUT2D eigenvalue weighted by Gasteiger charge is -2.22. The third kappa shape index (κ3) is 7.61. The van der Waals surface area contributed by atoms with Crippen molar-refractivity contribution in [3.05, 3.63) is 60.2 Å². The van der Waals surface area contributed by atoms with Gasteiger partial charge < -0.3 is 25.4 Å². The summed E-state index contributed by atoms with van der Waals surface area (Å²) in [4.78, 5) is 32.5. The second-order valence-electron chi connectivity index (χ2n) is 6.48. The van der Waals surface area contributed by atoms with E-state index in [9.17, 15) is 19.6 Å². The molecule has 29 heavy (non-hydrogen) atoms. The third-order valence-electron chi connectivity index (χ3n) is 4.26. The molecule has 0 unspecified atom stereocenters. The van der Waals surface area contributed by atoms with Gasteiger partial charge in [0.15, 0.2) is 0 Å². The van der Waals surface area contributed by atoms with Gasteiger partial charge in [0.2, 0.25) is 5.91 Å². The van der Waals surface area contributed by atoms with Crippen LogP contribution in [0, 0.1) is 0 Å². The average Bonchev–Trinajstić information content (AvgIpc) is 2.73. The highest BCUT2D eigenvalue weighted by Gasteiger charge is 2.29. The number of aromatic nitrogens is 2. The molecule has 0 radical (unpaired) electrons. The standard InChI is InChI=1S/C19H25BN4O5/c1-29-13-16(23-18(25)15-12-21-10-11-22-15)19(26)24-17(20(27)28)9-5-8-14-6-3-2-4-7-14/h2-4,6-7,10-12,16-17,27-28H,5,8-9,13H2,1H3,(H,23,25)(H,24,26)/t16-,17+/m1/s1. The molecule has 0 fully saturated rings. The minimum absolute atomic E-state index is 0.0583. The number of nitrogens with zero attached hydrogens (tertiary/aromatic N) is 2. The van der Waals surface area contributed by atoms with Crippen molar-refractivity contribution >= 4 is 18.9 Å². The normalized spacial score (nSPS) is 12.7. The molecule has 0 aliphatic heterocycles. The van der Waals surface area contributed by atoms with Crippen LogP contribution in [0.2, 0.25) is 0 Å². The van der Waals surface area contributed by atoms with Crippen LogP contribution >= 0.6 is 0 Å². The number of ether oxygens (including phenoxy) is 1. The van der Waals surface area contributed by atoms with E-state index >= 15 is 0 Å². The van der Waals surface area contributed by atoms with Gasteiger partial charge in [-0.15, -0.1) is 0 Å². The maximum atomic E-state index is 12.6. The molecule has 1 aromatic heterocycles. The number of carbonyl (C=O) groups excluding carboxylic acids is 2. The van der Waals surface area contributed by atoms with Crippen molar-refractivity contribution in [1.82, 2.24) is 20.6 Å². The largest absolute Gasteiger partial charge is 0.475 e. The summed E-state index contributed by atoms with van der Waals surface area (Å²) in [5.41, 5.74) is 1.18. The lowest BCUT2D eigenvalue weighted by Crippen LogP contribution is -2.55. The molecule has 0 bridgehead atoms. The number of amides is 2. The Morgan fingerprint density at radius 2 is 1.93 bits per heavy atom. The van der Waals surface area contributed by atoms with Crippen LogP contribution in [0.25, 0.3) is 0 Å². The van der Waals surface area contributed by atoms with E-state index in [1.165, 1.54) is 25.7 Å². The second kappa shape index (κ2) is 11.9. The van der Waals surface area contributed by atoms with Crippen LogP contribution in [-0.4, -0.2) is 64.6 Å². The molecule has 10 heteroatoms. The SMILES string of the molecule is COC[C@@H](NC(=O)c1cnccn1)C(=O)N[C@@H](CCCc1ccccc1)B(O)O. The minimum atomic E-state index is -1.73. The van der Waals surface area contributed by atoms with Crippen LogP contribution in [0.4, 0.5) is 0 Å². The smallest absolute Gasteiger partial charge is 0.426 e. The topological polar surface area (TPSA) is 134 Å². The van der Waals surface area contributed by atoms with Crippen molar-refractivity contribution in [2.75, 3.05) is 13.7 Å². The summed E-state index contributed by atoms with van der Waals surface area (Å²) in [5, 5.41) is 24.4. The van der Waals surface area contributed by atoms with Crippen molar-refractivity contribution in [1.29, 1.82) is 0 Å². The predicted octanol–water partition coefficient (Wildman–Crippen LogP) is -0.259. The van der Waals surface area contributed by atoms with E-state index in [1.807, 2.05) is 30.3 Å². The van der Waals surface area contributed by atoms with Gasteiger partial charge in [-0.25, -0.2) is 4.98 Å². The van der Waals surface area contributed by atoms with E-state index in [2.05, 4.69) is 20.6 Å². The fourth-order valence-electron chi connectivity index (χ4n) is 2.75. The fourth-order valence-corrected chi connectivity index (χ4v) is 2.75. The first-order valence-electron chi connectivity index (χ1n) is 9.27. The number of hydrogen-bond acceptors (Lipinski definition) is 7. The average molecular weight is 400 g/mol. The summed E-state index contributed by atoms with van der Waals surface area (Å²) < 4.78 is 5.01. The third-order valence-corrected chi connectivity index (χ3v) is 4.26. The van der Waals surface area contributed by atoms with Crippen LogP contribution in [0.15, 0.2) is 48.9 Å². The molecule has 2 aromatic rings. The number of carbonyl (C=O) groups is 2. The number of nitrogens with one attached hydrogen (secondary N) is 2. The highest BCUT2D eigenvalue weighted by Crippen LogP contribution is 2.08. The van der Waals surface area contributed by atoms with Gasteiger partial charge in [0.25, 0.3) is 5.91 Å². The molecule has 0 saturated heterocycles. The molecule has 9 nitrogen and oxygen atoms in total. The lowest BCUT2D eigenvalue weighted by molar-refractivity contribution is -0.124. The van der Waals surface area contributed by atoms with E-state index in [0.29, 0.717) is 12.8 Å². The first-order chi connectivity index (χ1) is 14.0. The first-order valence-corrected chi connectivity index (χ1v) is 9.27. The summed E-state index contributed by atoms with van der Waals surface area (Å²) in [6.07, 6.45) is 5.82. The predicted molar refractivity (Wildman–Crippen MR) is 107 cm³/mol. The number of hydrogen-bond donors (Lipinski definition) is 4. The molecule has 0 saturated carbocycles. The summed E-state index contributed by atoms with van der Waals surface area (Å²) in [7, 11) is -0.332. The highest BCUT2D eigenvalue weighted by atomic mass is 16.5. The van der Waals surface area contributed by atoms with Crippen LogP contribution in [0.5, 0.6) is 0 Å². The van der Waals surface area contributed by atoms with Crippen LogP contribution in [0.3, 0.4) is 0 Å². The van der Waals surface area contributed by atoms with Gasteiger partial charge >= 0.3 is 7.12 Å². The molecule has 0 spiro atoms. The molecule has 154 valence electrons. The van der Waals surface area contributed by atoms with Gasteiger partial charge in [-0.05, 0) is 24.8 Å². The zero-order valence-corrected chi connectivity index (χ0v) is 16.2. The summed E-state index contributed by atoms with van der Waals surface area (Å²) in [6, 6.07) is 8.74. The molecule has 2 amide bonds. The summed E-state index contributed by atoms with van der Waals surface area (Å²) in [5.74, 6) is -2.04. The molecule has 2 rings (SSSR count). The van der Waals surface area contributed by atoms with Gasteiger partial charge in [-0.1, -0.05) is 30.3 Å². The molecule has 1 aromatic carbocycles. The van der Waals surface area contributed by atoms with Gasteiger partial charge in [0, 0.05) is 19.5 Å². The van der Waals surface area contributed by atoms with Gasteiger partial charge in [-0.2, -0.15) is 0 Å². The molecular formula is C19H25BN4O5. The Bertz CT molecular complexity index is 764. The van der Waals surface area contributed by atoms with Gasteiger partial charge in [-0.3, -0.25) is 14.6 Å². The van der Waals surface area contributed by atoms with Gasteiger partial charge in [0.05, 0.1) is 18.7 Å². The Kier molecular flexibility index (Phi) is 9.22. The molecule has 4 N–H and O–H groups in total. The Hall–Kier alpha value is -2.82. The molecule has 0 aliphatic carbocycles. The number of rotatable bonds is 11. The first kappa shape index (κ1) is 22.5. The van der Waals surface area contributed by atoms with Crippen molar-refractivity contribution < 1.29 is 24.4 Å². The molecule has 2 atom stereocenters. The van der Waals surface area contributed by atoms with E-state index in [0.717, 1.165) is 12.0 Å². The van der Waals surface area contributed by atoms with E-state index in [4.69, 9.17) is 4.74 Å². The van der Waals surface area contributed by atoms with Crippen LogP contribution in [0.1, 0.15) is 28.9 Å². The fraction of sp³-hybridized carbons (Fsp3) is 0.368. The molecule has 0 aliphatic rings. The summed E-state index contributed by atoms with van der Waals surface area (Å²) >= 11 is 0. The summed E-state index contributed by atoms with van der Waals surface area (Å²) in [6.45, 7) is -0.0872. The second-order valence-corrected chi connectivity index (χ2v) is 6.48. The lowest BCUT2D eigenvalue weighted by atomic mass is 9.76. The minimum Gasteiger partial charge on any atom is -0.426 e. The van der Waals surface area contributed by atoms with E-state index < -0.39 is 30.9 Å². The number of benzene rings is 1. The maximum absolute atomic E-state index is 12.6. The zero-order valence-electron chi connectivity index (χ0n) is 16.2. The quantitative estimate of drug-likeness (QED) is 0.382. The van der Waals surface area contributed by atoms with Crippen molar-refractivity contribution in [2.24, 2.45) is 0 Å². The Morgan fingerprint density at radius 1 is 1.17 bits per heavy atom. The van der Waals surface area contributed by atoms with Crippen LogP contribution < -0.4 is 10.6 Å². The van der Waals surface area contributed by atoms with Crippen LogP contribution in [-0.2, 0) is 16.0 Å². The molecular weight excluding hydrogens is 375 g/mol. The Morgan fingerprint density at radius 3 is 2.55 bits per heavy atom. The van der Waals surface area contributed by atoms with E-state index in [-0.39, 0.29) is 12.3 Å². The van der Waals surface area contributed by atoms with Crippen molar-refractivity contribution in [2.45, 2.75) is 31.2 Å². The van der Waals surface area contributed by atoms with Gasteiger partial charge in [0.1, 0.15) is 11.7 Å². The monoisotopic (exact) mass is 400 g/mol. The Labute approximate surface area is 169 Å².